The van der Waals surface area contributed by atoms with E-state index in [9.17, 15) is 0 Å². The summed E-state index contributed by atoms with van der Waals surface area (Å²) in [6, 6.07) is 70.8. The Kier molecular flexibility index (Phi) is 7.10. The van der Waals surface area contributed by atoms with Gasteiger partial charge in [0.25, 0.3) is 0 Å². The number of hydrogen-bond acceptors (Lipinski definition) is 1. The summed E-state index contributed by atoms with van der Waals surface area (Å²) in [5, 5.41) is 12.8. The van der Waals surface area contributed by atoms with Gasteiger partial charge in [-0.15, -0.1) is 5.69 Å². The average molecular weight is 780 g/mol. The number of para-hydroxylation sites is 3. The second-order valence-electron chi connectivity index (χ2n) is 17.1. The van der Waals surface area contributed by atoms with Gasteiger partial charge in [0.1, 0.15) is 0 Å². The normalized spacial score (nSPS) is 15.2. The molecule has 13 rings (SSSR count). The first-order chi connectivity index (χ1) is 30.0. The van der Waals surface area contributed by atoms with Crippen LogP contribution in [0.25, 0.3) is 82.2 Å². The number of aromatic nitrogens is 2. The van der Waals surface area contributed by atoms with Crippen LogP contribution >= 0.6 is 0 Å². The first-order valence-corrected chi connectivity index (χ1v) is 21.2. The van der Waals surface area contributed by atoms with Crippen molar-refractivity contribution in [2.45, 2.75) is 25.4 Å². The molecule has 1 aliphatic heterocycles. The van der Waals surface area contributed by atoms with Crippen LogP contribution in [-0.4, -0.2) is 14.8 Å². The van der Waals surface area contributed by atoms with Gasteiger partial charge in [0.05, 0.1) is 27.8 Å². The SMILES string of the molecule is CC1(C)c2ccccc2-c2cc(C3=NC(c4cccc(-n5c6ccccc6c6ccc(-n7c8ccccc8c8ccccc87)cc65)c4)[N-]c4c3ccc3ccccc43)ccc21. The maximum absolute atomic E-state index is 5.58. The number of rotatable bonds is 4. The van der Waals surface area contributed by atoms with Gasteiger partial charge in [-0.2, -0.15) is 0 Å². The number of benzene rings is 9. The van der Waals surface area contributed by atoms with Gasteiger partial charge in [-0.25, -0.2) is 0 Å². The Morgan fingerprint density at radius 2 is 1.05 bits per heavy atom. The largest absolute Gasteiger partial charge is 0.659 e. The Morgan fingerprint density at radius 3 is 1.80 bits per heavy atom. The van der Waals surface area contributed by atoms with Crippen molar-refractivity contribution >= 4 is 65.8 Å². The monoisotopic (exact) mass is 779 g/mol. The summed E-state index contributed by atoms with van der Waals surface area (Å²) in [6.45, 7) is 4.67. The lowest BCUT2D eigenvalue weighted by molar-refractivity contribution is 0.660. The minimum absolute atomic E-state index is 0.0672. The first-order valence-electron chi connectivity index (χ1n) is 21.2. The third kappa shape index (κ3) is 4.90. The lowest BCUT2D eigenvalue weighted by atomic mass is 9.82. The van der Waals surface area contributed by atoms with Gasteiger partial charge in [-0.05, 0) is 92.7 Å². The molecule has 0 N–H and O–H groups in total. The first kappa shape index (κ1) is 34.2. The molecule has 3 heterocycles. The maximum atomic E-state index is 5.58. The molecule has 4 nitrogen and oxygen atoms in total. The molecule has 0 spiro atoms. The highest BCUT2D eigenvalue weighted by molar-refractivity contribution is 6.21. The zero-order chi connectivity index (χ0) is 40.4. The van der Waals surface area contributed by atoms with Crippen molar-refractivity contribution in [1.82, 2.24) is 9.13 Å². The quantitative estimate of drug-likeness (QED) is 0.171. The highest BCUT2D eigenvalue weighted by atomic mass is 15.1. The molecule has 61 heavy (non-hydrogen) atoms. The fourth-order valence-corrected chi connectivity index (χ4v) is 10.6. The summed E-state index contributed by atoms with van der Waals surface area (Å²) in [4.78, 5) is 5.58. The van der Waals surface area contributed by atoms with Gasteiger partial charge in [0.15, 0.2) is 0 Å². The summed E-state index contributed by atoms with van der Waals surface area (Å²) >= 11 is 0. The van der Waals surface area contributed by atoms with Gasteiger partial charge < -0.3 is 14.5 Å². The predicted octanol–water partition coefficient (Wildman–Crippen LogP) is 14.9. The third-order valence-corrected chi connectivity index (χ3v) is 13.4. The minimum atomic E-state index is -0.438. The Labute approximate surface area is 353 Å². The molecule has 2 aromatic heterocycles. The molecule has 0 amide bonds. The van der Waals surface area contributed by atoms with E-state index in [4.69, 9.17) is 10.3 Å². The van der Waals surface area contributed by atoms with E-state index in [0.29, 0.717) is 0 Å². The fourth-order valence-electron chi connectivity index (χ4n) is 10.6. The van der Waals surface area contributed by atoms with Gasteiger partial charge in [-0.1, -0.05) is 159 Å². The topological polar surface area (TPSA) is 36.3 Å². The summed E-state index contributed by atoms with van der Waals surface area (Å²) in [6.07, 6.45) is -0.438. The van der Waals surface area contributed by atoms with Crippen LogP contribution in [0.5, 0.6) is 0 Å². The zero-order valence-corrected chi connectivity index (χ0v) is 33.8. The van der Waals surface area contributed by atoms with Gasteiger partial charge in [0.2, 0.25) is 0 Å². The molecule has 0 radical (unpaired) electrons. The molecule has 9 aromatic carbocycles. The van der Waals surface area contributed by atoms with Crippen LogP contribution in [0.15, 0.2) is 199 Å². The Morgan fingerprint density at radius 1 is 0.443 bits per heavy atom. The Balaban J connectivity index is 0.993. The fraction of sp³-hybridized carbons (Fsp3) is 0.0702. The smallest absolute Gasteiger partial charge is 0.0695 e. The molecule has 1 atom stereocenters. The van der Waals surface area contributed by atoms with Crippen molar-refractivity contribution < 1.29 is 0 Å². The van der Waals surface area contributed by atoms with Crippen LogP contribution in [0.4, 0.5) is 5.69 Å². The standard InChI is InChI=1S/C57H39N4/c1-57(2)48-22-9-5-18-41(48)47-33-36(27-31-49(47)57)54-46-29-26-35-14-3-4-17-40(35)55(46)59-56(58-54)37-15-13-16-38(32-37)61-52-25-12-8-21-44(52)45-30-28-39(34-53(45)61)60-50-23-10-6-19-42(50)43-20-7-11-24-51(43)60/h3-34,56H,1-2H3/q-1. The molecule has 288 valence electrons. The van der Waals surface area contributed by atoms with E-state index in [1.807, 2.05) is 0 Å². The van der Waals surface area contributed by atoms with Crippen molar-refractivity contribution in [3.8, 4) is 22.5 Å². The van der Waals surface area contributed by atoms with E-state index < -0.39 is 6.17 Å². The van der Waals surface area contributed by atoms with Gasteiger partial charge in [0, 0.05) is 50.1 Å². The van der Waals surface area contributed by atoms with Crippen LogP contribution in [0, 0.1) is 0 Å². The van der Waals surface area contributed by atoms with E-state index in [0.717, 1.165) is 55.9 Å². The highest BCUT2D eigenvalue weighted by Crippen LogP contribution is 2.50. The van der Waals surface area contributed by atoms with Crippen LogP contribution in [0.2, 0.25) is 0 Å². The lowest BCUT2D eigenvalue weighted by Crippen LogP contribution is -2.16. The molecule has 0 saturated heterocycles. The van der Waals surface area contributed by atoms with Crippen molar-refractivity contribution in [3.05, 3.63) is 227 Å². The van der Waals surface area contributed by atoms with Gasteiger partial charge >= 0.3 is 0 Å². The molecule has 1 aliphatic carbocycles. The number of hydrogen-bond donors (Lipinski definition) is 0. The second-order valence-corrected chi connectivity index (χ2v) is 17.1. The molecular weight excluding hydrogens is 741 g/mol. The molecular formula is C57H39N4-. The molecule has 0 saturated carbocycles. The van der Waals surface area contributed by atoms with Crippen LogP contribution in [0.3, 0.4) is 0 Å². The number of nitrogens with zero attached hydrogens (tertiary/aromatic N) is 4. The summed E-state index contributed by atoms with van der Waals surface area (Å²) in [7, 11) is 0. The van der Waals surface area contributed by atoms with Crippen molar-refractivity contribution in [3.63, 3.8) is 0 Å². The molecule has 1 unspecified atom stereocenters. The molecule has 2 aliphatic rings. The van der Waals surface area contributed by atoms with Crippen LogP contribution in [-0.2, 0) is 5.41 Å². The van der Waals surface area contributed by atoms with Gasteiger partial charge in [-0.3, -0.25) is 4.99 Å². The van der Waals surface area contributed by atoms with E-state index in [2.05, 4.69) is 217 Å². The van der Waals surface area contributed by atoms with E-state index in [1.165, 1.54) is 60.2 Å². The van der Waals surface area contributed by atoms with E-state index in [-0.39, 0.29) is 5.41 Å². The zero-order valence-electron chi connectivity index (χ0n) is 33.8. The number of aliphatic imine (C=N–C) groups is 1. The average Bonchev–Trinajstić information content (AvgIpc) is 3.91. The second kappa shape index (κ2) is 12.7. The van der Waals surface area contributed by atoms with Crippen LogP contribution in [0.1, 0.15) is 47.8 Å². The summed E-state index contributed by atoms with van der Waals surface area (Å²) < 4.78 is 4.82. The van der Waals surface area contributed by atoms with E-state index in [1.54, 1.807) is 0 Å². The maximum Gasteiger partial charge on any atom is 0.0695 e. The highest BCUT2D eigenvalue weighted by Gasteiger charge is 2.35. The Bertz CT molecular complexity index is 3620. The van der Waals surface area contributed by atoms with Crippen molar-refractivity contribution in [2.24, 2.45) is 4.99 Å². The Hall–Kier alpha value is -7.69. The molecule has 0 fully saturated rings. The third-order valence-electron chi connectivity index (χ3n) is 13.4. The summed E-state index contributed by atoms with van der Waals surface area (Å²) in [5.74, 6) is 0. The van der Waals surface area contributed by atoms with Crippen molar-refractivity contribution in [1.29, 1.82) is 0 Å². The lowest BCUT2D eigenvalue weighted by Gasteiger charge is -2.39. The van der Waals surface area contributed by atoms with E-state index >= 15 is 0 Å². The number of fused-ring (bicyclic) bond motifs is 12. The predicted molar refractivity (Wildman–Crippen MR) is 254 cm³/mol. The molecule has 4 heteroatoms. The molecule has 0 bridgehead atoms. The van der Waals surface area contributed by atoms with Crippen LogP contribution < -0.4 is 0 Å². The van der Waals surface area contributed by atoms with Crippen molar-refractivity contribution in [2.75, 3.05) is 0 Å². The molecule has 11 aromatic rings. The summed E-state index contributed by atoms with van der Waals surface area (Å²) in [5.41, 5.74) is 17.4. The minimum Gasteiger partial charge on any atom is -0.659 e.